The molecule has 0 atom stereocenters. The summed E-state index contributed by atoms with van der Waals surface area (Å²) in [5.74, 6) is 0.334. The number of carbonyl (C=O) groups is 1. The van der Waals surface area contributed by atoms with Crippen LogP contribution in [0.4, 0.5) is 5.95 Å². The lowest BCUT2D eigenvalue weighted by Crippen LogP contribution is -2.36. The van der Waals surface area contributed by atoms with Gasteiger partial charge in [-0.3, -0.25) is 4.79 Å². The Morgan fingerprint density at radius 2 is 2.37 bits per heavy atom. The molecule has 2 N–H and O–H groups in total. The number of hydrogen-bond donors (Lipinski definition) is 1. The number of aryl methyl sites for hydroxylation is 1. The minimum Gasteiger partial charge on any atom is -0.368 e. The van der Waals surface area contributed by atoms with Crippen LogP contribution in [0.15, 0.2) is 17.6 Å². The molecule has 0 spiro atoms. The summed E-state index contributed by atoms with van der Waals surface area (Å²) in [6.07, 6.45) is 2.54. The van der Waals surface area contributed by atoms with Crippen molar-refractivity contribution in [3.05, 3.63) is 39.3 Å². The Bertz CT molecular complexity index is 637. The van der Waals surface area contributed by atoms with Gasteiger partial charge in [-0.2, -0.15) is 0 Å². The molecule has 2 aromatic heterocycles. The maximum atomic E-state index is 12.4. The fraction of sp³-hybridized carbons (Fsp3) is 0.308. The predicted molar refractivity (Wildman–Crippen MR) is 73.9 cm³/mol. The Morgan fingerprint density at radius 3 is 3.11 bits per heavy atom. The molecule has 0 aliphatic carbocycles. The van der Waals surface area contributed by atoms with E-state index in [-0.39, 0.29) is 11.9 Å². The standard InChI is InChI=1S/C13H14N4OS/c1-8-4-11(19-7-8)12(18)17-3-2-9-5-15-13(14)16-10(9)6-17/h4-5,7H,2-3,6H2,1H3,(H2,14,15,16). The Kier molecular flexibility index (Phi) is 2.94. The van der Waals surface area contributed by atoms with E-state index in [0.717, 1.165) is 28.1 Å². The van der Waals surface area contributed by atoms with E-state index >= 15 is 0 Å². The van der Waals surface area contributed by atoms with E-state index in [1.807, 2.05) is 23.3 Å². The molecule has 0 fully saturated rings. The first kappa shape index (κ1) is 12.1. The van der Waals surface area contributed by atoms with Crippen molar-refractivity contribution in [2.24, 2.45) is 0 Å². The van der Waals surface area contributed by atoms with Crippen LogP contribution in [0.2, 0.25) is 0 Å². The lowest BCUT2D eigenvalue weighted by molar-refractivity contribution is 0.0736. The van der Waals surface area contributed by atoms with E-state index in [2.05, 4.69) is 9.97 Å². The highest BCUT2D eigenvalue weighted by molar-refractivity contribution is 7.12. The Hall–Kier alpha value is -1.95. The van der Waals surface area contributed by atoms with E-state index in [9.17, 15) is 4.79 Å². The Morgan fingerprint density at radius 1 is 1.53 bits per heavy atom. The van der Waals surface area contributed by atoms with E-state index < -0.39 is 0 Å². The minimum absolute atomic E-state index is 0.0703. The number of hydrogen-bond acceptors (Lipinski definition) is 5. The summed E-state index contributed by atoms with van der Waals surface area (Å²) in [6.45, 7) is 3.21. The fourth-order valence-electron chi connectivity index (χ4n) is 2.19. The van der Waals surface area contributed by atoms with Crippen molar-refractivity contribution in [2.45, 2.75) is 19.9 Å². The Labute approximate surface area is 115 Å². The summed E-state index contributed by atoms with van der Waals surface area (Å²) < 4.78 is 0. The van der Waals surface area contributed by atoms with Crippen LogP contribution in [0.3, 0.4) is 0 Å². The quantitative estimate of drug-likeness (QED) is 0.858. The van der Waals surface area contributed by atoms with Crippen LogP contribution >= 0.6 is 11.3 Å². The zero-order valence-corrected chi connectivity index (χ0v) is 11.4. The van der Waals surface area contributed by atoms with Crippen molar-refractivity contribution >= 4 is 23.2 Å². The number of nitrogen functional groups attached to an aromatic ring is 1. The molecule has 0 unspecified atom stereocenters. The zero-order valence-electron chi connectivity index (χ0n) is 10.6. The molecule has 0 aromatic carbocycles. The summed E-state index contributed by atoms with van der Waals surface area (Å²) in [5, 5.41) is 1.99. The lowest BCUT2D eigenvalue weighted by atomic mass is 10.1. The van der Waals surface area contributed by atoms with Crippen LogP contribution in [-0.4, -0.2) is 27.3 Å². The second-order valence-corrected chi connectivity index (χ2v) is 5.58. The van der Waals surface area contributed by atoms with Gasteiger partial charge in [-0.25, -0.2) is 9.97 Å². The maximum Gasteiger partial charge on any atom is 0.264 e. The van der Waals surface area contributed by atoms with Crippen molar-refractivity contribution in [3.8, 4) is 0 Å². The molecule has 1 aliphatic rings. The number of amides is 1. The second kappa shape index (κ2) is 4.62. The highest BCUT2D eigenvalue weighted by Crippen LogP contribution is 2.21. The molecular weight excluding hydrogens is 260 g/mol. The maximum absolute atomic E-state index is 12.4. The van der Waals surface area contributed by atoms with Gasteiger partial charge in [0.15, 0.2) is 0 Å². The second-order valence-electron chi connectivity index (χ2n) is 4.67. The van der Waals surface area contributed by atoms with Crippen molar-refractivity contribution in [3.63, 3.8) is 0 Å². The number of nitrogens with two attached hydrogens (primary N) is 1. The molecule has 2 aromatic rings. The average molecular weight is 274 g/mol. The summed E-state index contributed by atoms with van der Waals surface area (Å²) in [7, 11) is 0. The molecule has 5 nitrogen and oxygen atoms in total. The minimum atomic E-state index is 0.0703. The third-order valence-corrected chi connectivity index (χ3v) is 4.23. The third kappa shape index (κ3) is 2.31. The smallest absolute Gasteiger partial charge is 0.264 e. The first-order chi connectivity index (χ1) is 9.13. The number of thiophene rings is 1. The molecule has 0 radical (unpaired) electrons. The van der Waals surface area contributed by atoms with Crippen molar-refractivity contribution < 1.29 is 4.79 Å². The average Bonchev–Trinajstić information content (AvgIpc) is 2.83. The fourth-order valence-corrected chi connectivity index (χ4v) is 3.06. The van der Waals surface area contributed by atoms with Gasteiger partial charge in [0, 0.05) is 12.7 Å². The molecule has 0 saturated carbocycles. The number of carbonyl (C=O) groups excluding carboxylic acids is 1. The molecular formula is C13H14N4OS. The van der Waals surface area contributed by atoms with Crippen LogP contribution in [0.5, 0.6) is 0 Å². The van der Waals surface area contributed by atoms with Gasteiger partial charge in [0.1, 0.15) is 0 Å². The van der Waals surface area contributed by atoms with Gasteiger partial charge in [0.05, 0.1) is 17.1 Å². The number of rotatable bonds is 1. The zero-order chi connectivity index (χ0) is 13.4. The Balaban J connectivity index is 1.83. The van der Waals surface area contributed by atoms with Crippen molar-refractivity contribution in [1.82, 2.24) is 14.9 Å². The van der Waals surface area contributed by atoms with Gasteiger partial charge < -0.3 is 10.6 Å². The predicted octanol–water partition coefficient (Wildman–Crippen LogP) is 1.63. The van der Waals surface area contributed by atoms with Gasteiger partial charge in [-0.05, 0) is 35.9 Å². The van der Waals surface area contributed by atoms with Gasteiger partial charge in [-0.15, -0.1) is 11.3 Å². The van der Waals surface area contributed by atoms with Crippen LogP contribution < -0.4 is 5.73 Å². The molecule has 98 valence electrons. The summed E-state index contributed by atoms with van der Waals surface area (Å²) in [6, 6.07) is 1.93. The first-order valence-corrected chi connectivity index (χ1v) is 6.96. The molecule has 19 heavy (non-hydrogen) atoms. The summed E-state index contributed by atoms with van der Waals surface area (Å²) in [5.41, 5.74) is 8.66. The lowest BCUT2D eigenvalue weighted by Gasteiger charge is -2.27. The van der Waals surface area contributed by atoms with E-state index in [1.54, 1.807) is 6.20 Å². The number of nitrogens with zero attached hydrogens (tertiary/aromatic N) is 3. The van der Waals surface area contributed by atoms with Crippen LogP contribution in [-0.2, 0) is 13.0 Å². The number of fused-ring (bicyclic) bond motifs is 1. The normalized spacial score (nSPS) is 14.3. The highest BCUT2D eigenvalue weighted by Gasteiger charge is 2.23. The van der Waals surface area contributed by atoms with Crippen LogP contribution in [0.25, 0.3) is 0 Å². The molecule has 0 bridgehead atoms. The molecule has 1 aliphatic heterocycles. The molecule has 3 rings (SSSR count). The number of aromatic nitrogens is 2. The molecule has 0 saturated heterocycles. The summed E-state index contributed by atoms with van der Waals surface area (Å²) in [4.78, 5) is 23.2. The SMILES string of the molecule is Cc1csc(C(=O)N2CCc3cnc(N)nc3C2)c1. The van der Waals surface area contributed by atoms with Crippen molar-refractivity contribution in [1.29, 1.82) is 0 Å². The van der Waals surface area contributed by atoms with E-state index in [0.29, 0.717) is 13.1 Å². The monoisotopic (exact) mass is 274 g/mol. The van der Waals surface area contributed by atoms with Gasteiger partial charge >= 0.3 is 0 Å². The van der Waals surface area contributed by atoms with Gasteiger partial charge in [0.2, 0.25) is 5.95 Å². The van der Waals surface area contributed by atoms with Crippen molar-refractivity contribution in [2.75, 3.05) is 12.3 Å². The van der Waals surface area contributed by atoms with Gasteiger partial charge in [-0.1, -0.05) is 0 Å². The van der Waals surface area contributed by atoms with E-state index in [1.165, 1.54) is 11.3 Å². The first-order valence-electron chi connectivity index (χ1n) is 6.08. The largest absolute Gasteiger partial charge is 0.368 e. The van der Waals surface area contributed by atoms with Crippen LogP contribution in [0.1, 0.15) is 26.5 Å². The number of anilines is 1. The van der Waals surface area contributed by atoms with E-state index in [4.69, 9.17) is 5.73 Å². The van der Waals surface area contributed by atoms with Crippen LogP contribution in [0, 0.1) is 6.92 Å². The van der Waals surface area contributed by atoms with Gasteiger partial charge in [0.25, 0.3) is 5.91 Å². The topological polar surface area (TPSA) is 72.1 Å². The molecule has 1 amide bonds. The highest BCUT2D eigenvalue weighted by atomic mass is 32.1. The third-order valence-electron chi connectivity index (χ3n) is 3.19. The molecule has 3 heterocycles. The molecule has 6 heteroatoms. The summed E-state index contributed by atoms with van der Waals surface area (Å²) >= 11 is 1.49.